The van der Waals surface area contributed by atoms with Crippen molar-refractivity contribution in [2.45, 2.75) is 18.5 Å². The number of rotatable bonds is 5. The molecule has 33 heavy (non-hydrogen) atoms. The van der Waals surface area contributed by atoms with E-state index in [0.717, 1.165) is 0 Å². The number of hydrogen-bond donors (Lipinski definition) is 0. The van der Waals surface area contributed by atoms with Gasteiger partial charge in [0.1, 0.15) is 11.8 Å². The van der Waals surface area contributed by atoms with Gasteiger partial charge in [-0.25, -0.2) is 23.8 Å². The first-order chi connectivity index (χ1) is 15.9. The van der Waals surface area contributed by atoms with Crippen LogP contribution in [0.2, 0.25) is 0 Å². The first-order valence-electron chi connectivity index (χ1n) is 9.86. The minimum absolute atomic E-state index is 0.176. The summed E-state index contributed by atoms with van der Waals surface area (Å²) < 4.78 is 55.0. The second kappa shape index (κ2) is 8.20. The quantitative estimate of drug-likeness (QED) is 0.453. The average Bonchev–Trinajstić information content (AvgIpc) is 3.37. The molecule has 0 amide bonds. The van der Waals surface area contributed by atoms with Crippen LogP contribution in [0.1, 0.15) is 6.04 Å². The number of hydrogen-bond acceptors (Lipinski definition) is 7. The Labute approximate surface area is 184 Å². The lowest BCUT2D eigenvalue weighted by Gasteiger charge is -2.17. The van der Waals surface area contributed by atoms with Crippen molar-refractivity contribution < 1.29 is 27.4 Å². The standard InChI is InChI=1S/C21H16F3N5O4/c22-21(23,24)33-15-5-2-13(3-6-15)14-4-7-18-27-29(20(30)28(18)10-14)16-11-31-12-17(16)32-19-25-8-1-9-26-19/h1-10,16-17H,11-12H2. The maximum absolute atomic E-state index is 13.1. The molecule has 2 atom stereocenters. The molecule has 1 saturated heterocycles. The van der Waals surface area contributed by atoms with Gasteiger partial charge in [0, 0.05) is 18.6 Å². The van der Waals surface area contributed by atoms with E-state index in [1.807, 2.05) is 0 Å². The van der Waals surface area contributed by atoms with Crippen LogP contribution in [0.4, 0.5) is 13.2 Å². The molecule has 0 N–H and O–H groups in total. The van der Waals surface area contributed by atoms with E-state index in [0.29, 0.717) is 16.8 Å². The topological polar surface area (TPSA) is 92.8 Å². The summed E-state index contributed by atoms with van der Waals surface area (Å²) in [5, 5.41) is 4.40. The van der Waals surface area contributed by atoms with Crippen molar-refractivity contribution in [3.8, 4) is 22.9 Å². The van der Waals surface area contributed by atoms with E-state index in [1.54, 1.807) is 36.8 Å². The smallest absolute Gasteiger partial charge is 0.455 e. The molecule has 170 valence electrons. The van der Waals surface area contributed by atoms with Crippen LogP contribution in [0.15, 0.2) is 65.8 Å². The predicted octanol–water partition coefficient (Wildman–Crippen LogP) is 2.87. The number of aromatic nitrogens is 5. The van der Waals surface area contributed by atoms with Gasteiger partial charge in [0.2, 0.25) is 0 Å². The Kier molecular flexibility index (Phi) is 5.21. The summed E-state index contributed by atoms with van der Waals surface area (Å²) in [6, 6.07) is 10.1. The number of benzene rings is 1. The molecule has 0 aliphatic carbocycles. The molecule has 2 unspecified atom stereocenters. The zero-order valence-corrected chi connectivity index (χ0v) is 16.8. The predicted molar refractivity (Wildman–Crippen MR) is 108 cm³/mol. The van der Waals surface area contributed by atoms with Gasteiger partial charge in [-0.2, -0.15) is 0 Å². The van der Waals surface area contributed by atoms with Gasteiger partial charge < -0.3 is 14.2 Å². The highest BCUT2D eigenvalue weighted by Gasteiger charge is 2.35. The van der Waals surface area contributed by atoms with Gasteiger partial charge in [0.25, 0.3) is 0 Å². The number of alkyl halides is 3. The van der Waals surface area contributed by atoms with Gasteiger partial charge in [-0.1, -0.05) is 12.1 Å². The van der Waals surface area contributed by atoms with Gasteiger partial charge in [0.15, 0.2) is 11.8 Å². The van der Waals surface area contributed by atoms with Crippen LogP contribution in [-0.2, 0) is 4.74 Å². The van der Waals surface area contributed by atoms with Crippen molar-refractivity contribution in [1.29, 1.82) is 0 Å². The highest BCUT2D eigenvalue weighted by atomic mass is 19.4. The maximum Gasteiger partial charge on any atom is 0.573 e. The minimum Gasteiger partial charge on any atom is -0.455 e. The number of halogens is 3. The molecular formula is C21H16F3N5O4. The summed E-state index contributed by atoms with van der Waals surface area (Å²) in [4.78, 5) is 21.2. The van der Waals surface area contributed by atoms with E-state index in [-0.39, 0.29) is 25.0 Å². The number of pyridine rings is 1. The number of fused-ring (bicyclic) bond motifs is 1. The summed E-state index contributed by atoms with van der Waals surface area (Å²) in [6.45, 7) is 0.482. The van der Waals surface area contributed by atoms with Crippen LogP contribution >= 0.6 is 0 Å². The lowest BCUT2D eigenvalue weighted by Crippen LogP contribution is -2.35. The fourth-order valence-electron chi connectivity index (χ4n) is 3.57. The second-order valence-electron chi connectivity index (χ2n) is 7.24. The fraction of sp³-hybridized carbons (Fsp3) is 0.238. The largest absolute Gasteiger partial charge is 0.573 e. The Bertz CT molecular complexity index is 1320. The first-order valence-corrected chi connectivity index (χ1v) is 9.86. The zero-order valence-electron chi connectivity index (χ0n) is 16.8. The molecule has 4 heterocycles. The number of nitrogens with zero attached hydrogens (tertiary/aromatic N) is 5. The normalized spacial score (nSPS) is 18.5. The molecule has 0 spiro atoms. The molecule has 1 aromatic carbocycles. The van der Waals surface area contributed by atoms with E-state index in [9.17, 15) is 18.0 Å². The lowest BCUT2D eigenvalue weighted by molar-refractivity contribution is -0.274. The second-order valence-corrected chi connectivity index (χ2v) is 7.24. The van der Waals surface area contributed by atoms with Crippen LogP contribution in [0.3, 0.4) is 0 Å². The van der Waals surface area contributed by atoms with Crippen LogP contribution in [0.25, 0.3) is 16.8 Å². The molecule has 0 radical (unpaired) electrons. The zero-order chi connectivity index (χ0) is 23.0. The summed E-state index contributed by atoms with van der Waals surface area (Å²) in [7, 11) is 0. The summed E-state index contributed by atoms with van der Waals surface area (Å²) >= 11 is 0. The Morgan fingerprint density at radius 2 is 1.73 bits per heavy atom. The van der Waals surface area contributed by atoms with E-state index in [4.69, 9.17) is 9.47 Å². The van der Waals surface area contributed by atoms with Gasteiger partial charge in [0.05, 0.1) is 13.2 Å². The van der Waals surface area contributed by atoms with Crippen molar-refractivity contribution in [1.82, 2.24) is 24.1 Å². The van der Waals surface area contributed by atoms with Crippen LogP contribution in [0, 0.1) is 0 Å². The third-order valence-electron chi connectivity index (χ3n) is 5.07. The van der Waals surface area contributed by atoms with E-state index in [1.165, 1.54) is 33.3 Å². The molecule has 1 fully saturated rings. The SMILES string of the molecule is O=c1n(C2COCC2Oc2ncccn2)nc2ccc(-c3ccc(OC(F)(F)F)cc3)cn12. The van der Waals surface area contributed by atoms with Crippen molar-refractivity contribution in [2.75, 3.05) is 13.2 Å². The third kappa shape index (κ3) is 4.37. The van der Waals surface area contributed by atoms with Crippen LogP contribution < -0.4 is 15.2 Å². The summed E-state index contributed by atoms with van der Waals surface area (Å²) in [5.41, 5.74) is 1.23. The highest BCUT2D eigenvalue weighted by Crippen LogP contribution is 2.27. The van der Waals surface area contributed by atoms with Gasteiger partial charge in [-0.3, -0.25) is 0 Å². The van der Waals surface area contributed by atoms with Crippen molar-refractivity contribution in [2.24, 2.45) is 0 Å². The third-order valence-corrected chi connectivity index (χ3v) is 5.07. The van der Waals surface area contributed by atoms with Gasteiger partial charge >= 0.3 is 18.1 Å². The summed E-state index contributed by atoms with van der Waals surface area (Å²) in [6.07, 6.45) is -0.593. The summed E-state index contributed by atoms with van der Waals surface area (Å²) in [5.74, 6) is -0.327. The highest BCUT2D eigenvalue weighted by molar-refractivity contribution is 5.65. The Morgan fingerprint density at radius 3 is 2.45 bits per heavy atom. The van der Waals surface area contributed by atoms with E-state index in [2.05, 4.69) is 19.8 Å². The van der Waals surface area contributed by atoms with Crippen molar-refractivity contribution >= 4 is 5.65 Å². The molecule has 9 nitrogen and oxygen atoms in total. The maximum atomic E-state index is 13.1. The van der Waals surface area contributed by atoms with E-state index < -0.39 is 24.2 Å². The molecule has 12 heteroatoms. The molecule has 5 rings (SSSR count). The van der Waals surface area contributed by atoms with Crippen molar-refractivity contribution in [3.05, 3.63) is 71.5 Å². The van der Waals surface area contributed by atoms with Gasteiger partial charge in [-0.15, -0.1) is 18.3 Å². The monoisotopic (exact) mass is 459 g/mol. The average molecular weight is 459 g/mol. The Hall–Kier alpha value is -3.93. The first kappa shape index (κ1) is 20.9. The van der Waals surface area contributed by atoms with Crippen LogP contribution in [-0.4, -0.2) is 49.8 Å². The van der Waals surface area contributed by atoms with Crippen molar-refractivity contribution in [3.63, 3.8) is 0 Å². The number of ether oxygens (including phenoxy) is 3. The molecule has 1 aliphatic rings. The Morgan fingerprint density at radius 1 is 1.00 bits per heavy atom. The molecule has 3 aromatic heterocycles. The molecule has 1 aliphatic heterocycles. The fourth-order valence-corrected chi connectivity index (χ4v) is 3.57. The van der Waals surface area contributed by atoms with Crippen LogP contribution in [0.5, 0.6) is 11.8 Å². The molecule has 0 bridgehead atoms. The molecular weight excluding hydrogens is 443 g/mol. The Balaban J connectivity index is 1.42. The lowest BCUT2D eigenvalue weighted by atomic mass is 10.1. The molecule has 4 aromatic rings. The molecule has 0 saturated carbocycles. The van der Waals surface area contributed by atoms with E-state index >= 15 is 0 Å². The minimum atomic E-state index is -4.76. The van der Waals surface area contributed by atoms with Gasteiger partial charge in [-0.05, 0) is 41.5 Å².